The minimum Gasteiger partial charge on any atom is -0.380 e. The zero-order valence-electron chi connectivity index (χ0n) is 11.1. The second-order valence-corrected chi connectivity index (χ2v) is 6.33. The summed E-state index contributed by atoms with van der Waals surface area (Å²) >= 11 is 0. The van der Waals surface area contributed by atoms with E-state index < -0.39 is 26.1 Å². The highest BCUT2D eigenvalue weighted by Gasteiger charge is 2.47. The van der Waals surface area contributed by atoms with Gasteiger partial charge in [-0.2, -0.15) is 13.2 Å². The number of hydrogen-bond acceptors (Lipinski definition) is 3. The average Bonchev–Trinajstić information content (AvgIpc) is 2.46. The predicted octanol–water partition coefficient (Wildman–Crippen LogP) is 3.73. The van der Waals surface area contributed by atoms with Crippen molar-refractivity contribution in [1.29, 1.82) is 0 Å². The standard InChI is InChI=1S/C14H11F4NO2S/c15-11-7-5-10(6-8-11)9-19-12-3-1-2-4-13(12)22(20,21)14(16,17)18/h1-8,19H,9H2. The van der Waals surface area contributed by atoms with E-state index in [-0.39, 0.29) is 12.2 Å². The third-order valence-corrected chi connectivity index (χ3v) is 4.42. The molecule has 8 heteroatoms. The Hall–Kier alpha value is -2.09. The molecule has 22 heavy (non-hydrogen) atoms. The molecule has 0 saturated carbocycles. The molecule has 0 aliphatic rings. The van der Waals surface area contributed by atoms with Gasteiger partial charge < -0.3 is 5.32 Å². The summed E-state index contributed by atoms with van der Waals surface area (Å²) in [5.41, 5.74) is -4.94. The topological polar surface area (TPSA) is 46.2 Å². The van der Waals surface area contributed by atoms with Gasteiger partial charge in [0.25, 0.3) is 9.84 Å². The average molecular weight is 333 g/mol. The van der Waals surface area contributed by atoms with Gasteiger partial charge in [-0.25, -0.2) is 12.8 Å². The van der Waals surface area contributed by atoms with Crippen LogP contribution in [0.5, 0.6) is 0 Å². The van der Waals surface area contributed by atoms with Crippen molar-refractivity contribution in [1.82, 2.24) is 0 Å². The monoisotopic (exact) mass is 333 g/mol. The number of para-hydroxylation sites is 1. The summed E-state index contributed by atoms with van der Waals surface area (Å²) in [7, 11) is -5.44. The van der Waals surface area contributed by atoms with E-state index in [4.69, 9.17) is 0 Å². The number of nitrogens with one attached hydrogen (secondary N) is 1. The fraction of sp³-hybridized carbons (Fsp3) is 0.143. The summed E-state index contributed by atoms with van der Waals surface area (Å²) in [5, 5.41) is 2.63. The van der Waals surface area contributed by atoms with Gasteiger partial charge in [0.05, 0.1) is 10.6 Å². The Bertz CT molecular complexity index is 755. The van der Waals surface area contributed by atoms with E-state index in [1.165, 1.54) is 42.5 Å². The van der Waals surface area contributed by atoms with Crippen LogP contribution in [0.25, 0.3) is 0 Å². The van der Waals surface area contributed by atoms with Crippen molar-refractivity contribution in [2.75, 3.05) is 5.32 Å². The number of rotatable bonds is 4. The Kier molecular flexibility index (Phi) is 4.41. The van der Waals surface area contributed by atoms with E-state index in [9.17, 15) is 26.0 Å². The molecule has 2 aromatic carbocycles. The van der Waals surface area contributed by atoms with E-state index in [1.54, 1.807) is 0 Å². The zero-order chi connectivity index (χ0) is 16.4. The molecule has 0 saturated heterocycles. The first-order valence-corrected chi connectivity index (χ1v) is 7.59. The largest absolute Gasteiger partial charge is 0.501 e. The molecule has 0 aliphatic carbocycles. The Balaban J connectivity index is 2.28. The smallest absolute Gasteiger partial charge is 0.380 e. The molecule has 0 bridgehead atoms. The van der Waals surface area contributed by atoms with Crippen LogP contribution < -0.4 is 5.32 Å². The quantitative estimate of drug-likeness (QED) is 0.867. The van der Waals surface area contributed by atoms with Crippen molar-refractivity contribution in [3.63, 3.8) is 0 Å². The third-order valence-electron chi connectivity index (χ3n) is 2.88. The molecule has 3 nitrogen and oxygen atoms in total. The van der Waals surface area contributed by atoms with Crippen LogP contribution in [0, 0.1) is 5.82 Å². The van der Waals surface area contributed by atoms with Crippen molar-refractivity contribution in [3.05, 3.63) is 59.9 Å². The maximum atomic E-state index is 12.8. The Morgan fingerprint density at radius 2 is 1.55 bits per heavy atom. The molecule has 0 heterocycles. The summed E-state index contributed by atoms with van der Waals surface area (Å²) in [6, 6.07) is 10.1. The third kappa shape index (κ3) is 3.38. The lowest BCUT2D eigenvalue weighted by molar-refractivity contribution is -0.0435. The second-order valence-electron chi connectivity index (χ2n) is 4.43. The van der Waals surface area contributed by atoms with Crippen molar-refractivity contribution < 1.29 is 26.0 Å². The van der Waals surface area contributed by atoms with Gasteiger partial charge in [0.15, 0.2) is 0 Å². The highest BCUT2D eigenvalue weighted by molar-refractivity contribution is 7.92. The van der Waals surface area contributed by atoms with Crippen LogP contribution in [0.15, 0.2) is 53.4 Å². The molecule has 0 spiro atoms. The van der Waals surface area contributed by atoms with Crippen molar-refractivity contribution >= 4 is 15.5 Å². The highest BCUT2D eigenvalue weighted by atomic mass is 32.2. The molecule has 0 aliphatic heterocycles. The number of hydrogen-bond donors (Lipinski definition) is 1. The summed E-state index contributed by atoms with van der Waals surface area (Å²) < 4.78 is 73.8. The van der Waals surface area contributed by atoms with Gasteiger partial charge in [0, 0.05) is 6.54 Å². The lowest BCUT2D eigenvalue weighted by Crippen LogP contribution is -2.24. The first kappa shape index (κ1) is 16.3. The van der Waals surface area contributed by atoms with Crippen molar-refractivity contribution in [2.24, 2.45) is 0 Å². The molecular weight excluding hydrogens is 322 g/mol. The second kappa shape index (κ2) is 5.96. The normalized spacial score (nSPS) is 12.2. The van der Waals surface area contributed by atoms with E-state index in [0.29, 0.717) is 5.56 Å². The Labute approximate surface area is 124 Å². The molecule has 1 N–H and O–H groups in total. The van der Waals surface area contributed by atoms with Gasteiger partial charge in [-0.1, -0.05) is 24.3 Å². The SMILES string of the molecule is O=S(=O)(c1ccccc1NCc1ccc(F)cc1)C(F)(F)F. The number of halogens is 4. The molecular formula is C14H11F4NO2S. The molecule has 2 aromatic rings. The molecule has 0 atom stereocenters. The van der Waals surface area contributed by atoms with Gasteiger partial charge in [0.1, 0.15) is 5.82 Å². The van der Waals surface area contributed by atoms with Crippen LogP contribution >= 0.6 is 0 Å². The minimum absolute atomic E-state index is 0.0602. The fourth-order valence-electron chi connectivity index (χ4n) is 1.77. The van der Waals surface area contributed by atoms with Crippen LogP contribution in [-0.4, -0.2) is 13.9 Å². The maximum absolute atomic E-state index is 12.8. The van der Waals surface area contributed by atoms with Crippen LogP contribution in [-0.2, 0) is 16.4 Å². The number of alkyl halides is 3. The Morgan fingerprint density at radius 1 is 0.955 bits per heavy atom. The molecule has 0 radical (unpaired) electrons. The summed E-state index contributed by atoms with van der Waals surface area (Å²) in [6.45, 7) is 0.0602. The van der Waals surface area contributed by atoms with Crippen LogP contribution in [0.2, 0.25) is 0 Å². The molecule has 0 unspecified atom stereocenters. The lowest BCUT2D eigenvalue weighted by Gasteiger charge is -2.14. The van der Waals surface area contributed by atoms with E-state index in [0.717, 1.165) is 6.07 Å². The zero-order valence-corrected chi connectivity index (χ0v) is 11.9. The van der Waals surface area contributed by atoms with Crippen molar-refractivity contribution in [3.8, 4) is 0 Å². The van der Waals surface area contributed by atoms with Crippen molar-refractivity contribution in [2.45, 2.75) is 16.9 Å². The van der Waals surface area contributed by atoms with E-state index in [2.05, 4.69) is 5.32 Å². The first-order chi connectivity index (χ1) is 10.2. The molecule has 2 rings (SSSR count). The van der Waals surface area contributed by atoms with Crippen LogP contribution in [0.4, 0.5) is 23.2 Å². The minimum atomic E-state index is -5.44. The van der Waals surface area contributed by atoms with Gasteiger partial charge >= 0.3 is 5.51 Å². The lowest BCUT2D eigenvalue weighted by atomic mass is 10.2. The number of sulfone groups is 1. The fourth-order valence-corrected chi connectivity index (χ4v) is 2.71. The molecule has 0 fully saturated rings. The maximum Gasteiger partial charge on any atom is 0.501 e. The molecule has 0 amide bonds. The van der Waals surface area contributed by atoms with Crippen LogP contribution in [0.3, 0.4) is 0 Å². The van der Waals surface area contributed by atoms with E-state index >= 15 is 0 Å². The molecule has 0 aromatic heterocycles. The summed E-state index contributed by atoms with van der Waals surface area (Å²) in [5.74, 6) is -0.441. The Morgan fingerprint density at radius 3 is 2.14 bits per heavy atom. The van der Waals surface area contributed by atoms with Gasteiger partial charge in [0.2, 0.25) is 0 Å². The highest BCUT2D eigenvalue weighted by Crippen LogP contribution is 2.34. The summed E-state index contributed by atoms with van der Waals surface area (Å²) in [6.07, 6.45) is 0. The van der Waals surface area contributed by atoms with Gasteiger partial charge in [-0.05, 0) is 29.8 Å². The molecule has 118 valence electrons. The number of anilines is 1. The summed E-state index contributed by atoms with van der Waals surface area (Å²) in [4.78, 5) is -0.843. The van der Waals surface area contributed by atoms with Gasteiger partial charge in [-0.15, -0.1) is 0 Å². The van der Waals surface area contributed by atoms with E-state index in [1.807, 2.05) is 0 Å². The van der Waals surface area contributed by atoms with Gasteiger partial charge in [-0.3, -0.25) is 0 Å². The predicted molar refractivity (Wildman–Crippen MR) is 73.4 cm³/mol. The first-order valence-electron chi connectivity index (χ1n) is 6.10. The number of benzene rings is 2. The van der Waals surface area contributed by atoms with Crippen LogP contribution in [0.1, 0.15) is 5.56 Å².